The van der Waals surface area contributed by atoms with E-state index in [1.807, 2.05) is 47.6 Å². The molecule has 0 N–H and O–H groups in total. The standard InChI is InChI=1S/C23H36O9/c1-12(2)9-14(17(20(25)26-8)28-13(3)24)10-15-18(16-11-27-22(4,5)30-16)29-21-19(15)31-23(6,7)32-21/h10,12,14,16-19,21H,9,11H2,1-8H3/b15-10-/t14-,16+,17+,18-,19+,21+/m0/s1. The fraction of sp³-hybridized carbons (Fsp3) is 0.826. The largest absolute Gasteiger partial charge is 0.466 e. The average molecular weight is 457 g/mol. The van der Waals surface area contributed by atoms with Gasteiger partial charge >= 0.3 is 11.9 Å². The normalized spacial score (nSPS) is 33.8. The van der Waals surface area contributed by atoms with Crippen molar-refractivity contribution >= 4 is 11.9 Å². The van der Waals surface area contributed by atoms with Gasteiger partial charge in [-0.15, -0.1) is 0 Å². The summed E-state index contributed by atoms with van der Waals surface area (Å²) < 4.78 is 40.4. The van der Waals surface area contributed by atoms with Crippen molar-refractivity contribution in [2.75, 3.05) is 13.7 Å². The molecule has 3 heterocycles. The maximum Gasteiger partial charge on any atom is 0.347 e. The second-order valence-corrected chi connectivity index (χ2v) is 9.86. The van der Waals surface area contributed by atoms with Crippen molar-refractivity contribution in [2.45, 2.75) is 97.2 Å². The smallest absolute Gasteiger partial charge is 0.347 e. The van der Waals surface area contributed by atoms with E-state index in [1.165, 1.54) is 14.0 Å². The first-order chi connectivity index (χ1) is 14.8. The molecule has 0 radical (unpaired) electrons. The molecule has 0 amide bonds. The molecule has 3 saturated heterocycles. The Bertz CT molecular complexity index is 742. The summed E-state index contributed by atoms with van der Waals surface area (Å²) in [5.74, 6) is -2.95. The molecule has 0 aromatic rings. The number of rotatable bonds is 7. The lowest BCUT2D eigenvalue weighted by atomic mass is 9.87. The predicted molar refractivity (Wildman–Crippen MR) is 112 cm³/mol. The summed E-state index contributed by atoms with van der Waals surface area (Å²) in [5, 5.41) is 0. The molecular weight excluding hydrogens is 420 g/mol. The van der Waals surface area contributed by atoms with Crippen LogP contribution in [0.25, 0.3) is 0 Å². The van der Waals surface area contributed by atoms with Crippen LogP contribution < -0.4 is 0 Å². The lowest BCUT2D eigenvalue weighted by Crippen LogP contribution is -2.38. The zero-order chi connectivity index (χ0) is 23.8. The zero-order valence-corrected chi connectivity index (χ0v) is 20.2. The molecule has 6 atom stereocenters. The van der Waals surface area contributed by atoms with Crippen LogP contribution in [-0.4, -0.2) is 67.9 Å². The fourth-order valence-electron chi connectivity index (χ4n) is 4.47. The highest BCUT2D eigenvalue weighted by Gasteiger charge is 2.55. The summed E-state index contributed by atoms with van der Waals surface area (Å²) in [6.45, 7) is 13.0. The number of esters is 2. The van der Waals surface area contributed by atoms with Crippen molar-refractivity contribution in [3.63, 3.8) is 0 Å². The topological polar surface area (TPSA) is 98.8 Å². The molecule has 0 aliphatic carbocycles. The van der Waals surface area contributed by atoms with E-state index in [1.54, 1.807) is 0 Å². The molecule has 9 heteroatoms. The van der Waals surface area contributed by atoms with E-state index < -0.39 is 54.0 Å². The highest BCUT2D eigenvalue weighted by molar-refractivity contribution is 5.79. The molecule has 0 saturated carbocycles. The van der Waals surface area contributed by atoms with Crippen molar-refractivity contribution in [1.82, 2.24) is 0 Å². The Kier molecular flexibility index (Phi) is 7.36. The van der Waals surface area contributed by atoms with Crippen molar-refractivity contribution in [2.24, 2.45) is 11.8 Å². The number of hydrogen-bond acceptors (Lipinski definition) is 9. The van der Waals surface area contributed by atoms with Gasteiger partial charge < -0.3 is 33.2 Å². The average Bonchev–Trinajstić information content (AvgIpc) is 3.27. The van der Waals surface area contributed by atoms with Gasteiger partial charge in [0, 0.05) is 12.8 Å². The lowest BCUT2D eigenvalue weighted by Gasteiger charge is -2.28. The summed E-state index contributed by atoms with van der Waals surface area (Å²) >= 11 is 0. The number of methoxy groups -OCH3 is 1. The Morgan fingerprint density at radius 3 is 2.31 bits per heavy atom. The summed E-state index contributed by atoms with van der Waals surface area (Å²) in [4.78, 5) is 24.3. The third kappa shape index (κ3) is 5.69. The first-order valence-corrected chi connectivity index (χ1v) is 11.1. The van der Waals surface area contributed by atoms with Crippen LogP contribution in [0.2, 0.25) is 0 Å². The number of ether oxygens (including phenoxy) is 7. The maximum atomic E-state index is 12.5. The fourth-order valence-corrected chi connectivity index (χ4v) is 4.47. The van der Waals surface area contributed by atoms with E-state index in [9.17, 15) is 9.59 Å². The van der Waals surface area contributed by atoms with Gasteiger partial charge in [0.2, 0.25) is 6.10 Å². The Morgan fingerprint density at radius 2 is 1.78 bits per heavy atom. The van der Waals surface area contributed by atoms with Crippen LogP contribution >= 0.6 is 0 Å². The van der Waals surface area contributed by atoms with E-state index in [2.05, 4.69) is 0 Å². The highest BCUT2D eigenvalue weighted by atomic mass is 16.8. The summed E-state index contributed by atoms with van der Waals surface area (Å²) in [7, 11) is 1.28. The third-order valence-electron chi connectivity index (χ3n) is 5.63. The molecule has 0 spiro atoms. The van der Waals surface area contributed by atoms with Gasteiger partial charge in [0.1, 0.15) is 18.3 Å². The lowest BCUT2D eigenvalue weighted by molar-refractivity contribution is -0.215. The van der Waals surface area contributed by atoms with E-state index in [0.717, 1.165) is 5.57 Å². The van der Waals surface area contributed by atoms with Crippen LogP contribution in [0, 0.1) is 11.8 Å². The minimum atomic E-state index is -1.08. The van der Waals surface area contributed by atoms with Gasteiger partial charge in [0.05, 0.1) is 13.7 Å². The minimum Gasteiger partial charge on any atom is -0.466 e. The van der Waals surface area contributed by atoms with Crippen LogP contribution in [0.4, 0.5) is 0 Å². The third-order valence-corrected chi connectivity index (χ3v) is 5.63. The van der Waals surface area contributed by atoms with E-state index >= 15 is 0 Å². The van der Waals surface area contributed by atoms with Crippen molar-refractivity contribution in [3.05, 3.63) is 11.6 Å². The molecule has 9 nitrogen and oxygen atoms in total. The van der Waals surface area contributed by atoms with Gasteiger partial charge in [0.15, 0.2) is 17.9 Å². The van der Waals surface area contributed by atoms with E-state index in [0.29, 0.717) is 13.0 Å². The molecule has 3 rings (SSSR count). The molecule has 0 bridgehead atoms. The number of hydrogen-bond donors (Lipinski definition) is 0. The number of fused-ring (bicyclic) bond motifs is 1. The number of carbonyl (C=O) groups is 2. The van der Waals surface area contributed by atoms with Gasteiger partial charge in [-0.25, -0.2) is 4.79 Å². The van der Waals surface area contributed by atoms with Gasteiger partial charge in [0.25, 0.3) is 0 Å². The second-order valence-electron chi connectivity index (χ2n) is 9.86. The van der Waals surface area contributed by atoms with Gasteiger partial charge in [-0.05, 0) is 45.6 Å². The molecule has 3 aliphatic heterocycles. The monoisotopic (exact) mass is 456 g/mol. The first kappa shape index (κ1) is 25.1. The van der Waals surface area contributed by atoms with Crippen molar-refractivity contribution in [1.29, 1.82) is 0 Å². The van der Waals surface area contributed by atoms with Crippen molar-refractivity contribution in [3.8, 4) is 0 Å². The van der Waals surface area contributed by atoms with Gasteiger partial charge in [-0.1, -0.05) is 19.9 Å². The Balaban J connectivity index is 1.99. The minimum absolute atomic E-state index is 0.221. The summed E-state index contributed by atoms with van der Waals surface area (Å²) in [5.41, 5.74) is 0.790. The number of carbonyl (C=O) groups excluding carboxylic acids is 2. The molecular formula is C23H36O9. The molecule has 3 fully saturated rings. The zero-order valence-electron chi connectivity index (χ0n) is 20.2. The summed E-state index contributed by atoms with van der Waals surface area (Å²) in [6, 6.07) is 0. The van der Waals surface area contributed by atoms with Crippen LogP contribution in [-0.2, 0) is 42.7 Å². The maximum absolute atomic E-state index is 12.5. The quantitative estimate of drug-likeness (QED) is 0.423. The van der Waals surface area contributed by atoms with Crippen LogP contribution in [0.1, 0.15) is 54.9 Å². The Hall–Kier alpha value is -1.52. The second kappa shape index (κ2) is 9.38. The molecule has 32 heavy (non-hydrogen) atoms. The van der Waals surface area contributed by atoms with Crippen LogP contribution in [0.15, 0.2) is 11.6 Å². The predicted octanol–water partition coefficient (Wildman–Crippen LogP) is 2.71. The van der Waals surface area contributed by atoms with Crippen molar-refractivity contribution < 1.29 is 42.7 Å². The van der Waals surface area contributed by atoms with Crippen LogP contribution in [0.5, 0.6) is 0 Å². The molecule has 0 aromatic carbocycles. The molecule has 0 unspecified atom stereocenters. The van der Waals surface area contributed by atoms with Crippen LogP contribution in [0.3, 0.4) is 0 Å². The van der Waals surface area contributed by atoms with E-state index in [4.69, 9.17) is 33.2 Å². The highest BCUT2D eigenvalue weighted by Crippen LogP contribution is 2.44. The Labute approximate surface area is 189 Å². The molecule has 0 aromatic heterocycles. The van der Waals surface area contributed by atoms with E-state index in [-0.39, 0.29) is 12.0 Å². The SMILES string of the molecule is COC(=O)[C@H](OC(C)=O)[C@H](/C=C1\[C@H]2OC(C)(C)O[C@H]2O[C@@H]1[C@H]1COC(C)(C)O1)CC(C)C. The summed E-state index contributed by atoms with van der Waals surface area (Å²) in [6.07, 6.45) is -0.543. The van der Waals surface area contributed by atoms with Gasteiger partial charge in [-0.2, -0.15) is 0 Å². The molecule has 182 valence electrons. The first-order valence-electron chi connectivity index (χ1n) is 11.1. The Morgan fingerprint density at radius 1 is 1.09 bits per heavy atom. The molecule has 3 aliphatic rings. The van der Waals surface area contributed by atoms with Gasteiger partial charge in [-0.3, -0.25) is 4.79 Å².